The molecule has 0 unspecified atom stereocenters. The summed E-state index contributed by atoms with van der Waals surface area (Å²) in [7, 11) is 0. The molecule has 0 amide bonds. The topological polar surface area (TPSA) is 4.93 Å². The molecule has 1 aromatic carbocycles. The van der Waals surface area contributed by atoms with E-state index in [4.69, 9.17) is 0 Å². The lowest BCUT2D eigenvalue weighted by Gasteiger charge is -2.09. The summed E-state index contributed by atoms with van der Waals surface area (Å²) in [6, 6.07) is 9.34. The van der Waals surface area contributed by atoms with Gasteiger partial charge in [0.25, 0.3) is 0 Å². The lowest BCUT2D eigenvalue weighted by Crippen LogP contribution is -1.97. The molecule has 0 aliphatic rings. The van der Waals surface area contributed by atoms with E-state index in [9.17, 15) is 0 Å². The van der Waals surface area contributed by atoms with Crippen molar-refractivity contribution in [3.05, 3.63) is 36.0 Å². The molecule has 0 fully saturated rings. The van der Waals surface area contributed by atoms with E-state index in [1.807, 2.05) is 0 Å². The molecule has 74 valence electrons. The number of benzene rings is 1. The van der Waals surface area contributed by atoms with Crippen LogP contribution in [-0.4, -0.2) is 4.57 Å². The smallest absolute Gasteiger partial charge is 0.0485 e. The summed E-state index contributed by atoms with van der Waals surface area (Å²) in [5.74, 6) is 0. The molecule has 0 radical (unpaired) electrons. The van der Waals surface area contributed by atoms with Gasteiger partial charge in [0.1, 0.15) is 0 Å². The molecule has 1 nitrogen and oxygen atoms in total. The van der Waals surface area contributed by atoms with Crippen LogP contribution in [0.2, 0.25) is 0 Å². The Balaban J connectivity index is 2.69. The molecule has 0 aliphatic carbocycles. The van der Waals surface area contributed by atoms with Gasteiger partial charge in [0, 0.05) is 23.1 Å². The molecule has 1 heteroatoms. The van der Waals surface area contributed by atoms with Gasteiger partial charge in [-0.15, -0.1) is 0 Å². The number of fused-ring (bicyclic) bond motifs is 1. The normalized spacial score (nSPS) is 11.4. The average Bonchev–Trinajstić information content (AvgIpc) is 2.60. The van der Waals surface area contributed by atoms with Crippen LogP contribution in [-0.2, 0) is 6.42 Å². The zero-order chi connectivity index (χ0) is 10.1. The highest BCUT2D eigenvalue weighted by Gasteiger charge is 2.05. The Morgan fingerprint density at radius 1 is 1.21 bits per heavy atom. The maximum Gasteiger partial charge on any atom is 0.0485 e. The Kier molecular flexibility index (Phi) is 2.32. The van der Waals surface area contributed by atoms with E-state index in [-0.39, 0.29) is 0 Å². The van der Waals surface area contributed by atoms with E-state index in [0.29, 0.717) is 6.04 Å². The van der Waals surface area contributed by atoms with Gasteiger partial charge in [-0.2, -0.15) is 0 Å². The van der Waals surface area contributed by atoms with Crippen LogP contribution >= 0.6 is 0 Å². The van der Waals surface area contributed by atoms with Gasteiger partial charge in [-0.3, -0.25) is 0 Å². The Labute approximate surface area is 85.4 Å². The number of aromatic nitrogens is 1. The van der Waals surface area contributed by atoms with Gasteiger partial charge in [-0.25, -0.2) is 0 Å². The van der Waals surface area contributed by atoms with Crippen LogP contribution in [0.4, 0.5) is 0 Å². The number of rotatable bonds is 2. The van der Waals surface area contributed by atoms with E-state index in [0.717, 1.165) is 6.42 Å². The fourth-order valence-corrected chi connectivity index (χ4v) is 2.01. The van der Waals surface area contributed by atoms with Crippen molar-refractivity contribution in [3.63, 3.8) is 0 Å². The summed E-state index contributed by atoms with van der Waals surface area (Å²) in [5.41, 5.74) is 2.81. The van der Waals surface area contributed by atoms with E-state index in [2.05, 4.69) is 55.8 Å². The van der Waals surface area contributed by atoms with Crippen molar-refractivity contribution in [2.24, 2.45) is 0 Å². The third-order valence-electron chi connectivity index (χ3n) is 2.79. The molecule has 0 N–H and O–H groups in total. The van der Waals surface area contributed by atoms with Crippen molar-refractivity contribution in [2.75, 3.05) is 0 Å². The fraction of sp³-hybridized carbons (Fsp3) is 0.385. The predicted octanol–water partition coefficient (Wildman–Crippen LogP) is 3.78. The summed E-state index contributed by atoms with van der Waals surface area (Å²) in [4.78, 5) is 0. The van der Waals surface area contributed by atoms with Crippen LogP contribution in [0.25, 0.3) is 10.9 Å². The lowest BCUT2D eigenvalue weighted by molar-refractivity contribution is 0.623. The Morgan fingerprint density at radius 3 is 2.64 bits per heavy atom. The molecule has 0 spiro atoms. The number of hydrogen-bond acceptors (Lipinski definition) is 0. The molecule has 0 atom stereocenters. The van der Waals surface area contributed by atoms with Gasteiger partial charge >= 0.3 is 0 Å². The molecular formula is C13H17N. The standard InChI is InChI=1S/C13H17N/c1-4-11-6-5-7-13-12(11)8-9-14(13)10(2)3/h5-10H,4H2,1-3H3. The first kappa shape index (κ1) is 9.32. The summed E-state index contributed by atoms with van der Waals surface area (Å²) in [5, 5.41) is 1.41. The molecule has 1 aromatic heterocycles. The predicted molar refractivity (Wildman–Crippen MR) is 61.7 cm³/mol. The van der Waals surface area contributed by atoms with Crippen LogP contribution in [0.5, 0.6) is 0 Å². The zero-order valence-corrected chi connectivity index (χ0v) is 9.12. The minimum atomic E-state index is 0.541. The van der Waals surface area contributed by atoms with Crippen molar-refractivity contribution < 1.29 is 0 Å². The fourth-order valence-electron chi connectivity index (χ4n) is 2.01. The Morgan fingerprint density at radius 2 is 2.00 bits per heavy atom. The lowest BCUT2D eigenvalue weighted by atomic mass is 10.1. The second-order valence-electron chi connectivity index (χ2n) is 4.02. The maximum absolute atomic E-state index is 2.33. The number of nitrogens with zero attached hydrogens (tertiary/aromatic N) is 1. The maximum atomic E-state index is 2.33. The van der Waals surface area contributed by atoms with Crippen molar-refractivity contribution in [3.8, 4) is 0 Å². The highest BCUT2D eigenvalue weighted by atomic mass is 15.0. The molecule has 0 saturated carbocycles. The quantitative estimate of drug-likeness (QED) is 0.674. The van der Waals surface area contributed by atoms with E-state index in [1.165, 1.54) is 16.5 Å². The van der Waals surface area contributed by atoms with Gasteiger partial charge in [-0.1, -0.05) is 19.1 Å². The number of aryl methyl sites for hydroxylation is 1. The largest absolute Gasteiger partial charge is 0.345 e. The van der Waals surface area contributed by atoms with Crippen molar-refractivity contribution in [1.29, 1.82) is 0 Å². The summed E-state index contributed by atoms with van der Waals surface area (Å²) in [6.45, 7) is 6.65. The van der Waals surface area contributed by atoms with Crippen LogP contribution in [0.15, 0.2) is 30.5 Å². The molecule has 0 saturated heterocycles. The Bertz CT molecular complexity index is 437. The van der Waals surface area contributed by atoms with Gasteiger partial charge in [0.05, 0.1) is 0 Å². The molecule has 0 aliphatic heterocycles. The molecular weight excluding hydrogens is 170 g/mol. The van der Waals surface area contributed by atoms with E-state index < -0.39 is 0 Å². The van der Waals surface area contributed by atoms with E-state index in [1.54, 1.807) is 0 Å². The zero-order valence-electron chi connectivity index (χ0n) is 9.12. The van der Waals surface area contributed by atoms with Gasteiger partial charge in [0.2, 0.25) is 0 Å². The molecule has 2 rings (SSSR count). The van der Waals surface area contributed by atoms with Crippen LogP contribution < -0.4 is 0 Å². The monoisotopic (exact) mass is 187 g/mol. The molecule has 2 aromatic rings. The minimum absolute atomic E-state index is 0.541. The van der Waals surface area contributed by atoms with Crippen molar-refractivity contribution in [1.82, 2.24) is 4.57 Å². The highest BCUT2D eigenvalue weighted by Crippen LogP contribution is 2.23. The minimum Gasteiger partial charge on any atom is -0.345 e. The summed E-state index contributed by atoms with van der Waals surface area (Å²) < 4.78 is 2.33. The summed E-state index contributed by atoms with van der Waals surface area (Å²) >= 11 is 0. The van der Waals surface area contributed by atoms with Crippen LogP contribution in [0, 0.1) is 0 Å². The summed E-state index contributed by atoms with van der Waals surface area (Å²) in [6.07, 6.45) is 3.30. The first-order chi connectivity index (χ1) is 6.74. The van der Waals surface area contributed by atoms with Crippen molar-refractivity contribution in [2.45, 2.75) is 33.2 Å². The van der Waals surface area contributed by atoms with E-state index >= 15 is 0 Å². The first-order valence-corrected chi connectivity index (χ1v) is 5.32. The van der Waals surface area contributed by atoms with Crippen LogP contribution in [0.3, 0.4) is 0 Å². The highest BCUT2D eigenvalue weighted by molar-refractivity contribution is 5.83. The van der Waals surface area contributed by atoms with Crippen LogP contribution in [0.1, 0.15) is 32.4 Å². The van der Waals surface area contributed by atoms with Crippen molar-refractivity contribution >= 4 is 10.9 Å². The van der Waals surface area contributed by atoms with Gasteiger partial charge < -0.3 is 4.57 Å². The third kappa shape index (κ3) is 1.33. The number of hydrogen-bond donors (Lipinski definition) is 0. The van der Waals surface area contributed by atoms with Gasteiger partial charge in [0.15, 0.2) is 0 Å². The first-order valence-electron chi connectivity index (χ1n) is 5.32. The average molecular weight is 187 g/mol. The SMILES string of the molecule is CCc1cccc2c1ccn2C(C)C. The van der Waals surface area contributed by atoms with Gasteiger partial charge in [-0.05, 0) is 38.0 Å². The molecule has 0 bridgehead atoms. The molecule has 1 heterocycles. The third-order valence-corrected chi connectivity index (χ3v) is 2.79. The second kappa shape index (κ2) is 3.49. The molecule has 14 heavy (non-hydrogen) atoms. The second-order valence-corrected chi connectivity index (χ2v) is 4.02. The Hall–Kier alpha value is -1.24.